The van der Waals surface area contributed by atoms with Crippen LogP contribution in [0.5, 0.6) is 0 Å². The van der Waals surface area contributed by atoms with Crippen molar-refractivity contribution < 1.29 is 14.3 Å². The number of rotatable bonds is 3. The van der Waals surface area contributed by atoms with E-state index in [4.69, 9.17) is 0 Å². The first-order valence-electron chi connectivity index (χ1n) is 3.39. The second kappa shape index (κ2) is 11.3. The smallest absolute Gasteiger partial charge is 0.302 e. The summed E-state index contributed by atoms with van der Waals surface area (Å²) in [6.07, 6.45) is 0. The number of carbonyl (C=O) groups excluding carboxylic acids is 1. The summed E-state index contributed by atoms with van der Waals surface area (Å²) in [5.41, 5.74) is 0. The van der Waals surface area contributed by atoms with E-state index in [0.29, 0.717) is 13.2 Å². The van der Waals surface area contributed by atoms with E-state index in [1.54, 1.807) is 7.11 Å². The summed E-state index contributed by atoms with van der Waals surface area (Å²) in [4.78, 5) is 10.0. The van der Waals surface area contributed by atoms with Crippen LogP contribution in [-0.4, -0.2) is 26.3 Å². The second-order valence-corrected chi connectivity index (χ2v) is 1.33. The molecular formula is C7H16O3. The quantitative estimate of drug-likeness (QED) is 0.446. The van der Waals surface area contributed by atoms with Gasteiger partial charge in [-0.3, -0.25) is 4.79 Å². The van der Waals surface area contributed by atoms with Gasteiger partial charge < -0.3 is 9.47 Å². The van der Waals surface area contributed by atoms with Gasteiger partial charge in [-0.1, -0.05) is 13.8 Å². The fourth-order valence-corrected chi connectivity index (χ4v) is 0.269. The summed E-state index contributed by atoms with van der Waals surface area (Å²) in [6.45, 7) is 6.20. The minimum absolute atomic E-state index is 0.262. The van der Waals surface area contributed by atoms with Crippen LogP contribution < -0.4 is 0 Å². The Hall–Kier alpha value is -0.570. The van der Waals surface area contributed by atoms with Gasteiger partial charge in [-0.15, -0.1) is 0 Å². The molecular weight excluding hydrogens is 132 g/mol. The Balaban J connectivity index is 0. The maximum Gasteiger partial charge on any atom is 0.302 e. The molecule has 0 aliphatic heterocycles. The lowest BCUT2D eigenvalue weighted by molar-refractivity contribution is -0.142. The van der Waals surface area contributed by atoms with Crippen LogP contribution in [0.4, 0.5) is 0 Å². The molecule has 0 atom stereocenters. The van der Waals surface area contributed by atoms with E-state index in [9.17, 15) is 4.79 Å². The SMILES string of the molecule is CC.COCCOC(C)=O. The summed E-state index contributed by atoms with van der Waals surface area (Å²) < 4.78 is 9.13. The van der Waals surface area contributed by atoms with Crippen LogP contribution in [0.3, 0.4) is 0 Å². The molecule has 3 heteroatoms. The summed E-state index contributed by atoms with van der Waals surface area (Å²) in [6, 6.07) is 0. The summed E-state index contributed by atoms with van der Waals surface area (Å²) in [7, 11) is 1.56. The number of hydrogen-bond donors (Lipinski definition) is 0. The van der Waals surface area contributed by atoms with E-state index >= 15 is 0 Å². The Bertz CT molecular complexity index is 71.3. The number of esters is 1. The molecule has 0 bridgehead atoms. The third-order valence-corrected chi connectivity index (χ3v) is 0.593. The predicted octanol–water partition coefficient (Wildman–Crippen LogP) is 1.22. The maximum atomic E-state index is 10.0. The number of methoxy groups -OCH3 is 1. The first-order valence-corrected chi connectivity index (χ1v) is 3.39. The van der Waals surface area contributed by atoms with E-state index in [1.165, 1.54) is 6.92 Å². The van der Waals surface area contributed by atoms with Crippen molar-refractivity contribution in [3.63, 3.8) is 0 Å². The Morgan fingerprint density at radius 1 is 1.30 bits per heavy atom. The van der Waals surface area contributed by atoms with Gasteiger partial charge in [-0.25, -0.2) is 0 Å². The monoisotopic (exact) mass is 148 g/mol. The molecule has 0 rings (SSSR count). The molecule has 0 aliphatic carbocycles. The molecule has 0 saturated heterocycles. The Labute approximate surface area is 62.3 Å². The zero-order valence-electron chi connectivity index (χ0n) is 7.14. The summed E-state index contributed by atoms with van der Waals surface area (Å²) >= 11 is 0. The average molecular weight is 148 g/mol. The molecule has 0 aliphatic rings. The molecule has 62 valence electrons. The number of hydrogen-bond acceptors (Lipinski definition) is 3. The molecule has 0 radical (unpaired) electrons. The topological polar surface area (TPSA) is 35.5 Å². The molecule has 0 fully saturated rings. The molecule has 0 N–H and O–H groups in total. The van der Waals surface area contributed by atoms with Gasteiger partial charge in [0.25, 0.3) is 0 Å². The normalized spacial score (nSPS) is 7.60. The fourth-order valence-electron chi connectivity index (χ4n) is 0.269. The van der Waals surface area contributed by atoms with Crippen LogP contribution in [0.25, 0.3) is 0 Å². The van der Waals surface area contributed by atoms with Gasteiger partial charge >= 0.3 is 5.97 Å². The minimum atomic E-state index is -0.262. The fraction of sp³-hybridized carbons (Fsp3) is 0.857. The van der Waals surface area contributed by atoms with E-state index in [0.717, 1.165) is 0 Å². The lowest BCUT2D eigenvalue weighted by Gasteiger charge is -1.97. The van der Waals surface area contributed by atoms with Gasteiger partial charge in [0.15, 0.2) is 0 Å². The van der Waals surface area contributed by atoms with Crippen LogP contribution in [0.1, 0.15) is 20.8 Å². The largest absolute Gasteiger partial charge is 0.463 e. The highest BCUT2D eigenvalue weighted by atomic mass is 16.6. The number of carbonyl (C=O) groups is 1. The molecule has 0 saturated carbocycles. The van der Waals surface area contributed by atoms with Gasteiger partial charge in [0.2, 0.25) is 0 Å². The zero-order chi connectivity index (χ0) is 8.41. The lowest BCUT2D eigenvalue weighted by atomic mass is 10.7. The van der Waals surface area contributed by atoms with Gasteiger partial charge in [-0.05, 0) is 0 Å². The van der Waals surface area contributed by atoms with Crippen LogP contribution in [0, 0.1) is 0 Å². The van der Waals surface area contributed by atoms with Crippen molar-refractivity contribution in [3.05, 3.63) is 0 Å². The summed E-state index contributed by atoms with van der Waals surface area (Å²) in [5.74, 6) is -0.262. The van der Waals surface area contributed by atoms with E-state index in [1.807, 2.05) is 13.8 Å². The highest BCUT2D eigenvalue weighted by Gasteiger charge is 1.88. The first kappa shape index (κ1) is 12.1. The molecule has 0 aromatic rings. The van der Waals surface area contributed by atoms with Crippen molar-refractivity contribution in [1.29, 1.82) is 0 Å². The van der Waals surface area contributed by atoms with Crippen LogP contribution in [0.2, 0.25) is 0 Å². The predicted molar refractivity (Wildman–Crippen MR) is 39.9 cm³/mol. The van der Waals surface area contributed by atoms with Crippen molar-refractivity contribution >= 4 is 5.97 Å². The highest BCUT2D eigenvalue weighted by Crippen LogP contribution is 1.74. The molecule has 0 amide bonds. The maximum absolute atomic E-state index is 10.0. The van der Waals surface area contributed by atoms with Gasteiger partial charge in [0.1, 0.15) is 6.61 Å². The highest BCUT2D eigenvalue weighted by molar-refractivity contribution is 5.65. The lowest BCUT2D eigenvalue weighted by Crippen LogP contribution is -2.05. The van der Waals surface area contributed by atoms with Crippen molar-refractivity contribution in [2.24, 2.45) is 0 Å². The molecule has 10 heavy (non-hydrogen) atoms. The van der Waals surface area contributed by atoms with Crippen molar-refractivity contribution in [3.8, 4) is 0 Å². The van der Waals surface area contributed by atoms with E-state index < -0.39 is 0 Å². The molecule has 3 nitrogen and oxygen atoms in total. The minimum Gasteiger partial charge on any atom is -0.463 e. The molecule has 0 aromatic carbocycles. The summed E-state index contributed by atoms with van der Waals surface area (Å²) in [5, 5.41) is 0. The Kier molecular flexibility index (Phi) is 13.7. The van der Waals surface area contributed by atoms with Crippen molar-refractivity contribution in [1.82, 2.24) is 0 Å². The molecule has 0 heterocycles. The third-order valence-electron chi connectivity index (χ3n) is 0.593. The Morgan fingerprint density at radius 3 is 2.10 bits per heavy atom. The third kappa shape index (κ3) is 15.7. The first-order chi connectivity index (χ1) is 4.77. The molecule has 0 aromatic heterocycles. The van der Waals surface area contributed by atoms with Gasteiger partial charge in [0, 0.05) is 14.0 Å². The molecule has 0 unspecified atom stereocenters. The van der Waals surface area contributed by atoms with Gasteiger partial charge in [-0.2, -0.15) is 0 Å². The Morgan fingerprint density at radius 2 is 1.80 bits per heavy atom. The average Bonchev–Trinajstić information content (AvgIpc) is 1.92. The number of ether oxygens (including phenoxy) is 2. The molecule has 0 spiro atoms. The zero-order valence-corrected chi connectivity index (χ0v) is 7.14. The van der Waals surface area contributed by atoms with Crippen molar-refractivity contribution in [2.75, 3.05) is 20.3 Å². The van der Waals surface area contributed by atoms with Crippen LogP contribution >= 0.6 is 0 Å². The van der Waals surface area contributed by atoms with E-state index in [2.05, 4.69) is 9.47 Å². The van der Waals surface area contributed by atoms with Crippen LogP contribution in [0.15, 0.2) is 0 Å². The second-order valence-electron chi connectivity index (χ2n) is 1.33. The van der Waals surface area contributed by atoms with Crippen LogP contribution in [-0.2, 0) is 14.3 Å². The van der Waals surface area contributed by atoms with Gasteiger partial charge in [0.05, 0.1) is 6.61 Å². The van der Waals surface area contributed by atoms with Crippen molar-refractivity contribution in [2.45, 2.75) is 20.8 Å². The van der Waals surface area contributed by atoms with E-state index in [-0.39, 0.29) is 5.97 Å². The standard InChI is InChI=1S/C5H10O3.C2H6/c1-5(6)8-4-3-7-2;1-2/h3-4H2,1-2H3;1-2H3.